The van der Waals surface area contributed by atoms with Crippen LogP contribution in [-0.4, -0.2) is 23.0 Å². The number of aliphatic carboxylic acids is 1. The Morgan fingerprint density at radius 2 is 2.00 bits per heavy atom. The molecule has 0 heterocycles. The standard InChI is InChI=1S/C15H19NO3/c1-10(7-8-11-5-3-2-4-6-11)16-14(17)12-9-13(12)15(18)19/h2-6,10,12-13H,7-9H2,1H3,(H,16,17)(H,18,19)/t10?,12-,13+/m1/s1. The molecule has 2 N–H and O–H groups in total. The van der Waals surface area contributed by atoms with Crippen LogP contribution >= 0.6 is 0 Å². The van der Waals surface area contributed by atoms with Crippen molar-refractivity contribution in [1.82, 2.24) is 5.32 Å². The molecule has 0 bridgehead atoms. The van der Waals surface area contributed by atoms with Crippen molar-refractivity contribution >= 4 is 11.9 Å². The monoisotopic (exact) mass is 261 g/mol. The van der Waals surface area contributed by atoms with E-state index in [1.807, 2.05) is 25.1 Å². The lowest BCUT2D eigenvalue weighted by Gasteiger charge is -2.13. The first-order chi connectivity index (χ1) is 9.08. The zero-order valence-corrected chi connectivity index (χ0v) is 11.0. The van der Waals surface area contributed by atoms with Crippen molar-refractivity contribution in [3.63, 3.8) is 0 Å². The molecule has 1 unspecified atom stereocenters. The largest absolute Gasteiger partial charge is 0.481 e. The van der Waals surface area contributed by atoms with Crippen LogP contribution in [0.25, 0.3) is 0 Å². The third-order valence-electron chi connectivity index (χ3n) is 3.54. The third kappa shape index (κ3) is 3.81. The summed E-state index contributed by atoms with van der Waals surface area (Å²) in [6.07, 6.45) is 2.25. The number of aryl methyl sites for hydroxylation is 1. The van der Waals surface area contributed by atoms with Crippen molar-refractivity contribution < 1.29 is 14.7 Å². The first-order valence-corrected chi connectivity index (χ1v) is 6.65. The van der Waals surface area contributed by atoms with E-state index in [1.165, 1.54) is 5.56 Å². The Bertz CT molecular complexity index is 458. The second kappa shape index (κ2) is 5.87. The van der Waals surface area contributed by atoms with Gasteiger partial charge in [0, 0.05) is 6.04 Å². The second-order valence-corrected chi connectivity index (χ2v) is 5.22. The molecule has 2 rings (SSSR count). The minimum Gasteiger partial charge on any atom is -0.481 e. The minimum absolute atomic E-state index is 0.0720. The topological polar surface area (TPSA) is 66.4 Å². The normalized spacial score (nSPS) is 22.6. The number of nitrogens with one attached hydrogen (secondary N) is 1. The molecule has 1 aliphatic carbocycles. The van der Waals surface area contributed by atoms with Crippen molar-refractivity contribution in [2.75, 3.05) is 0 Å². The van der Waals surface area contributed by atoms with Crippen LogP contribution in [0.5, 0.6) is 0 Å². The van der Waals surface area contributed by atoms with Gasteiger partial charge in [-0.3, -0.25) is 9.59 Å². The number of hydrogen-bond acceptors (Lipinski definition) is 2. The van der Waals surface area contributed by atoms with E-state index in [0.29, 0.717) is 6.42 Å². The number of carboxylic acids is 1. The summed E-state index contributed by atoms with van der Waals surface area (Å²) in [5, 5.41) is 11.7. The van der Waals surface area contributed by atoms with Gasteiger partial charge in [0.2, 0.25) is 5.91 Å². The molecule has 0 spiro atoms. The molecular weight excluding hydrogens is 242 g/mol. The number of rotatable bonds is 6. The predicted molar refractivity (Wildman–Crippen MR) is 71.6 cm³/mol. The number of carbonyl (C=O) groups is 2. The van der Waals surface area contributed by atoms with Crippen LogP contribution < -0.4 is 5.32 Å². The maximum atomic E-state index is 11.8. The Kier molecular flexibility index (Phi) is 4.20. The lowest BCUT2D eigenvalue weighted by Crippen LogP contribution is -2.34. The Balaban J connectivity index is 1.72. The summed E-state index contributed by atoms with van der Waals surface area (Å²) in [5.74, 6) is -1.77. The lowest BCUT2D eigenvalue weighted by atomic mass is 10.1. The van der Waals surface area contributed by atoms with Gasteiger partial charge in [0.1, 0.15) is 0 Å². The lowest BCUT2D eigenvalue weighted by molar-refractivity contribution is -0.140. The van der Waals surface area contributed by atoms with Crippen LogP contribution in [0.4, 0.5) is 0 Å². The Labute approximate surface area is 112 Å². The van der Waals surface area contributed by atoms with E-state index in [9.17, 15) is 9.59 Å². The second-order valence-electron chi connectivity index (χ2n) is 5.22. The van der Waals surface area contributed by atoms with Crippen molar-refractivity contribution in [1.29, 1.82) is 0 Å². The zero-order valence-electron chi connectivity index (χ0n) is 11.0. The number of hydrogen-bond donors (Lipinski definition) is 2. The van der Waals surface area contributed by atoms with Crippen molar-refractivity contribution in [3.05, 3.63) is 35.9 Å². The van der Waals surface area contributed by atoms with E-state index in [2.05, 4.69) is 17.4 Å². The average Bonchev–Trinajstić information content (AvgIpc) is 3.18. The van der Waals surface area contributed by atoms with E-state index < -0.39 is 11.9 Å². The van der Waals surface area contributed by atoms with Gasteiger partial charge in [0.15, 0.2) is 0 Å². The fourth-order valence-corrected chi connectivity index (χ4v) is 2.21. The van der Waals surface area contributed by atoms with Crippen LogP contribution in [0, 0.1) is 11.8 Å². The van der Waals surface area contributed by atoms with E-state index in [1.54, 1.807) is 0 Å². The van der Waals surface area contributed by atoms with Gasteiger partial charge in [0.05, 0.1) is 11.8 Å². The van der Waals surface area contributed by atoms with E-state index in [4.69, 9.17) is 5.11 Å². The molecule has 0 saturated heterocycles. The van der Waals surface area contributed by atoms with Crippen LogP contribution in [0.3, 0.4) is 0 Å². The molecule has 4 nitrogen and oxygen atoms in total. The number of carboxylic acid groups (broad SMARTS) is 1. The van der Waals surface area contributed by atoms with E-state index in [0.717, 1.165) is 12.8 Å². The van der Waals surface area contributed by atoms with Gasteiger partial charge in [-0.25, -0.2) is 0 Å². The van der Waals surface area contributed by atoms with Crippen molar-refractivity contribution in [2.24, 2.45) is 11.8 Å². The number of benzene rings is 1. The first-order valence-electron chi connectivity index (χ1n) is 6.65. The zero-order chi connectivity index (χ0) is 13.8. The SMILES string of the molecule is CC(CCc1ccccc1)NC(=O)[C@@H]1C[C@@H]1C(=O)O. The maximum absolute atomic E-state index is 11.8. The van der Waals surface area contributed by atoms with Gasteiger partial charge >= 0.3 is 5.97 Å². The van der Waals surface area contributed by atoms with Gasteiger partial charge in [-0.2, -0.15) is 0 Å². The molecule has 1 fully saturated rings. The highest BCUT2D eigenvalue weighted by Crippen LogP contribution is 2.38. The Morgan fingerprint density at radius 1 is 1.32 bits per heavy atom. The van der Waals surface area contributed by atoms with Gasteiger partial charge in [-0.15, -0.1) is 0 Å². The molecule has 102 valence electrons. The van der Waals surface area contributed by atoms with Crippen LogP contribution in [-0.2, 0) is 16.0 Å². The smallest absolute Gasteiger partial charge is 0.307 e. The molecule has 1 amide bonds. The number of carbonyl (C=O) groups excluding carboxylic acids is 1. The molecule has 1 saturated carbocycles. The summed E-state index contributed by atoms with van der Waals surface area (Å²) in [7, 11) is 0. The van der Waals surface area contributed by atoms with Crippen molar-refractivity contribution in [2.45, 2.75) is 32.2 Å². The molecule has 0 radical (unpaired) electrons. The van der Waals surface area contributed by atoms with Gasteiger partial charge in [-0.05, 0) is 31.7 Å². The molecular formula is C15H19NO3. The van der Waals surface area contributed by atoms with Gasteiger partial charge in [-0.1, -0.05) is 30.3 Å². The third-order valence-corrected chi connectivity index (χ3v) is 3.54. The molecule has 1 aromatic rings. The summed E-state index contributed by atoms with van der Waals surface area (Å²) < 4.78 is 0. The molecule has 3 atom stereocenters. The summed E-state index contributed by atoms with van der Waals surface area (Å²) in [5.41, 5.74) is 1.25. The molecule has 4 heteroatoms. The van der Waals surface area contributed by atoms with Crippen LogP contribution in [0.15, 0.2) is 30.3 Å². The molecule has 1 aromatic carbocycles. The summed E-state index contributed by atoms with van der Waals surface area (Å²) >= 11 is 0. The fourth-order valence-electron chi connectivity index (χ4n) is 2.21. The van der Waals surface area contributed by atoms with Gasteiger partial charge in [0.25, 0.3) is 0 Å². The highest BCUT2D eigenvalue weighted by Gasteiger charge is 2.48. The summed E-state index contributed by atoms with van der Waals surface area (Å²) in [4.78, 5) is 22.5. The highest BCUT2D eigenvalue weighted by atomic mass is 16.4. The molecule has 19 heavy (non-hydrogen) atoms. The first kappa shape index (κ1) is 13.6. The van der Waals surface area contributed by atoms with Gasteiger partial charge < -0.3 is 10.4 Å². The van der Waals surface area contributed by atoms with Crippen LogP contribution in [0.1, 0.15) is 25.3 Å². The van der Waals surface area contributed by atoms with E-state index >= 15 is 0 Å². The van der Waals surface area contributed by atoms with Crippen molar-refractivity contribution in [3.8, 4) is 0 Å². The highest BCUT2D eigenvalue weighted by molar-refractivity contribution is 5.89. The maximum Gasteiger partial charge on any atom is 0.307 e. The fraction of sp³-hybridized carbons (Fsp3) is 0.467. The minimum atomic E-state index is -0.864. The molecule has 1 aliphatic rings. The molecule has 0 aliphatic heterocycles. The quantitative estimate of drug-likeness (QED) is 0.821. The Hall–Kier alpha value is -1.84. The predicted octanol–water partition coefficient (Wildman–Crippen LogP) is 1.84. The summed E-state index contributed by atoms with van der Waals surface area (Å²) in [6.45, 7) is 1.96. The Morgan fingerprint density at radius 3 is 2.58 bits per heavy atom. The average molecular weight is 261 g/mol. The summed E-state index contributed by atoms with van der Waals surface area (Å²) in [6, 6.07) is 10.2. The number of amides is 1. The van der Waals surface area contributed by atoms with Crippen LogP contribution in [0.2, 0.25) is 0 Å². The van der Waals surface area contributed by atoms with E-state index in [-0.39, 0.29) is 17.9 Å². The molecule has 0 aromatic heterocycles.